The second kappa shape index (κ2) is 9.65. The summed E-state index contributed by atoms with van der Waals surface area (Å²) in [7, 11) is 3.41. The predicted octanol–water partition coefficient (Wildman–Crippen LogP) is 1.76. The van der Waals surface area contributed by atoms with E-state index in [0.29, 0.717) is 30.7 Å². The number of furan rings is 1. The highest BCUT2D eigenvalue weighted by Gasteiger charge is 2.09. The Labute approximate surface area is 153 Å². The Bertz CT molecular complexity index is 704. The van der Waals surface area contributed by atoms with Crippen LogP contribution in [0.5, 0.6) is 0 Å². The average Bonchev–Trinajstić information content (AvgIpc) is 3.28. The average molecular weight is 361 g/mol. The molecule has 8 heteroatoms. The van der Waals surface area contributed by atoms with Crippen molar-refractivity contribution in [2.45, 2.75) is 32.7 Å². The Hall–Kier alpha value is -2.77. The second-order valence-corrected chi connectivity index (χ2v) is 6.44. The molecule has 0 saturated heterocycles. The number of carbonyl (C=O) groups is 1. The molecule has 2 N–H and O–H groups in total. The Morgan fingerprint density at radius 2 is 2.12 bits per heavy atom. The molecule has 0 aliphatic rings. The van der Waals surface area contributed by atoms with Crippen molar-refractivity contribution in [3.8, 4) is 0 Å². The topological polar surface area (TPSA) is 95.9 Å². The number of guanidine groups is 1. The summed E-state index contributed by atoms with van der Waals surface area (Å²) >= 11 is 0. The van der Waals surface area contributed by atoms with E-state index in [0.717, 1.165) is 17.9 Å². The van der Waals surface area contributed by atoms with Gasteiger partial charge in [0.2, 0.25) is 5.91 Å². The van der Waals surface area contributed by atoms with Gasteiger partial charge >= 0.3 is 0 Å². The molecule has 2 rings (SSSR count). The molecule has 0 atom stereocenters. The van der Waals surface area contributed by atoms with Gasteiger partial charge in [0.1, 0.15) is 12.3 Å². The number of hydrogen-bond donors (Lipinski definition) is 2. The van der Waals surface area contributed by atoms with E-state index in [2.05, 4.69) is 34.6 Å². The van der Waals surface area contributed by atoms with Crippen LogP contribution in [0.3, 0.4) is 0 Å². The SMILES string of the molecule is CC(C)c1cc(CNC(=NCC(=O)N(C)C)NCCc2ccco2)on1. The van der Waals surface area contributed by atoms with Gasteiger partial charge in [-0.1, -0.05) is 19.0 Å². The zero-order valence-electron chi connectivity index (χ0n) is 15.8. The third kappa shape index (κ3) is 6.27. The molecule has 2 aromatic heterocycles. The highest BCUT2D eigenvalue weighted by molar-refractivity contribution is 5.84. The van der Waals surface area contributed by atoms with Crippen molar-refractivity contribution in [3.05, 3.63) is 41.7 Å². The quantitative estimate of drug-likeness (QED) is 0.549. The maximum Gasteiger partial charge on any atom is 0.243 e. The van der Waals surface area contributed by atoms with Crippen LogP contribution in [0.2, 0.25) is 0 Å². The molecule has 0 saturated carbocycles. The third-order valence-electron chi connectivity index (χ3n) is 3.71. The van der Waals surface area contributed by atoms with Crippen LogP contribution in [0.15, 0.2) is 38.4 Å². The first kappa shape index (κ1) is 19.6. The second-order valence-electron chi connectivity index (χ2n) is 6.44. The molecule has 2 aromatic rings. The highest BCUT2D eigenvalue weighted by atomic mass is 16.5. The van der Waals surface area contributed by atoms with Gasteiger partial charge < -0.3 is 24.5 Å². The van der Waals surface area contributed by atoms with Gasteiger partial charge in [-0.15, -0.1) is 0 Å². The molecular formula is C18H27N5O3. The first-order valence-corrected chi connectivity index (χ1v) is 8.66. The van der Waals surface area contributed by atoms with Gasteiger partial charge in [-0.25, -0.2) is 4.99 Å². The van der Waals surface area contributed by atoms with Gasteiger partial charge in [0, 0.05) is 33.1 Å². The predicted molar refractivity (Wildman–Crippen MR) is 98.8 cm³/mol. The van der Waals surface area contributed by atoms with E-state index in [1.165, 1.54) is 4.90 Å². The largest absolute Gasteiger partial charge is 0.469 e. The lowest BCUT2D eigenvalue weighted by molar-refractivity contribution is -0.127. The van der Waals surface area contributed by atoms with Crippen molar-refractivity contribution in [1.29, 1.82) is 0 Å². The summed E-state index contributed by atoms with van der Waals surface area (Å²) in [5.41, 5.74) is 0.911. The normalized spacial score (nSPS) is 11.7. The fourth-order valence-electron chi connectivity index (χ4n) is 2.08. The molecule has 0 aromatic carbocycles. The summed E-state index contributed by atoms with van der Waals surface area (Å²) in [5, 5.41) is 10.4. The number of rotatable bonds is 8. The molecular weight excluding hydrogens is 334 g/mol. The number of likely N-dealkylation sites (N-methyl/N-ethyl adjacent to an activating group) is 1. The summed E-state index contributed by atoms with van der Waals surface area (Å²) in [4.78, 5) is 17.6. The maximum absolute atomic E-state index is 11.8. The Morgan fingerprint density at radius 3 is 2.73 bits per heavy atom. The fourth-order valence-corrected chi connectivity index (χ4v) is 2.08. The molecule has 0 aliphatic carbocycles. The molecule has 0 radical (unpaired) electrons. The number of carbonyl (C=O) groups excluding carboxylic acids is 1. The van der Waals surface area contributed by atoms with Gasteiger partial charge in [-0.2, -0.15) is 0 Å². The molecule has 0 spiro atoms. The van der Waals surface area contributed by atoms with E-state index < -0.39 is 0 Å². The lowest BCUT2D eigenvalue weighted by Gasteiger charge is -2.12. The number of aliphatic imine (C=N–C) groups is 1. The van der Waals surface area contributed by atoms with Crippen molar-refractivity contribution in [2.24, 2.45) is 4.99 Å². The van der Waals surface area contributed by atoms with E-state index >= 15 is 0 Å². The molecule has 142 valence electrons. The van der Waals surface area contributed by atoms with Crippen LogP contribution >= 0.6 is 0 Å². The zero-order chi connectivity index (χ0) is 18.9. The van der Waals surface area contributed by atoms with E-state index in [1.54, 1.807) is 20.4 Å². The molecule has 0 aliphatic heterocycles. The van der Waals surface area contributed by atoms with Gasteiger partial charge in [0.25, 0.3) is 0 Å². The third-order valence-corrected chi connectivity index (χ3v) is 3.71. The van der Waals surface area contributed by atoms with Crippen molar-refractivity contribution in [2.75, 3.05) is 27.2 Å². The van der Waals surface area contributed by atoms with Crippen molar-refractivity contribution < 1.29 is 13.7 Å². The Balaban J connectivity index is 1.91. The van der Waals surface area contributed by atoms with E-state index in [9.17, 15) is 4.79 Å². The van der Waals surface area contributed by atoms with Crippen LogP contribution in [0, 0.1) is 0 Å². The minimum atomic E-state index is -0.0705. The van der Waals surface area contributed by atoms with Crippen LogP contribution in [-0.2, 0) is 17.8 Å². The number of hydrogen-bond acceptors (Lipinski definition) is 5. The molecule has 26 heavy (non-hydrogen) atoms. The molecule has 0 fully saturated rings. The smallest absolute Gasteiger partial charge is 0.243 e. The van der Waals surface area contributed by atoms with E-state index in [4.69, 9.17) is 8.94 Å². The van der Waals surface area contributed by atoms with Crippen LogP contribution < -0.4 is 10.6 Å². The van der Waals surface area contributed by atoms with Crippen LogP contribution in [0.25, 0.3) is 0 Å². The molecule has 8 nitrogen and oxygen atoms in total. The van der Waals surface area contributed by atoms with Gasteiger partial charge in [0.05, 0.1) is 18.5 Å². The minimum absolute atomic E-state index is 0.0662. The fraction of sp³-hybridized carbons (Fsp3) is 0.500. The van der Waals surface area contributed by atoms with E-state index in [-0.39, 0.29) is 12.5 Å². The van der Waals surface area contributed by atoms with Gasteiger partial charge in [0.15, 0.2) is 11.7 Å². The number of amides is 1. The van der Waals surface area contributed by atoms with Crippen molar-refractivity contribution in [1.82, 2.24) is 20.7 Å². The van der Waals surface area contributed by atoms with Crippen molar-refractivity contribution >= 4 is 11.9 Å². The number of nitrogens with zero attached hydrogens (tertiary/aromatic N) is 3. The molecule has 0 bridgehead atoms. The first-order valence-electron chi connectivity index (χ1n) is 8.66. The Morgan fingerprint density at radius 1 is 1.31 bits per heavy atom. The first-order chi connectivity index (χ1) is 12.5. The van der Waals surface area contributed by atoms with Crippen LogP contribution in [0.4, 0.5) is 0 Å². The highest BCUT2D eigenvalue weighted by Crippen LogP contribution is 2.13. The van der Waals surface area contributed by atoms with Crippen molar-refractivity contribution in [3.63, 3.8) is 0 Å². The Kier molecular flexibility index (Phi) is 7.25. The standard InChI is InChI=1S/C18H27N5O3/c1-13(2)16-10-15(26-22-16)11-20-18(21-12-17(24)23(3)4)19-8-7-14-6-5-9-25-14/h5-6,9-10,13H,7-8,11-12H2,1-4H3,(H2,19,20,21). The summed E-state index contributed by atoms with van der Waals surface area (Å²) in [6.07, 6.45) is 2.36. The molecule has 2 heterocycles. The summed E-state index contributed by atoms with van der Waals surface area (Å²) in [6, 6.07) is 5.70. The van der Waals surface area contributed by atoms with Crippen LogP contribution in [0.1, 0.15) is 37.0 Å². The minimum Gasteiger partial charge on any atom is -0.469 e. The summed E-state index contributed by atoms with van der Waals surface area (Å²) < 4.78 is 10.6. The number of nitrogens with one attached hydrogen (secondary N) is 2. The van der Waals surface area contributed by atoms with Gasteiger partial charge in [-0.3, -0.25) is 4.79 Å². The lowest BCUT2D eigenvalue weighted by atomic mass is 10.1. The van der Waals surface area contributed by atoms with Gasteiger partial charge in [-0.05, 0) is 18.1 Å². The lowest BCUT2D eigenvalue weighted by Crippen LogP contribution is -2.39. The molecule has 0 unspecified atom stereocenters. The zero-order valence-corrected chi connectivity index (χ0v) is 15.8. The molecule has 1 amide bonds. The number of aromatic nitrogens is 1. The summed E-state index contributed by atoms with van der Waals surface area (Å²) in [5.74, 6) is 2.38. The maximum atomic E-state index is 11.8. The van der Waals surface area contributed by atoms with E-state index in [1.807, 2.05) is 18.2 Å². The van der Waals surface area contributed by atoms with Crippen LogP contribution in [-0.4, -0.2) is 49.1 Å². The summed E-state index contributed by atoms with van der Waals surface area (Å²) in [6.45, 7) is 5.25. The monoisotopic (exact) mass is 361 g/mol.